The molecule has 0 bridgehead atoms. The number of urea groups is 1. The van der Waals surface area contributed by atoms with Gasteiger partial charge in [-0.2, -0.15) is 0 Å². The zero-order valence-corrected chi connectivity index (χ0v) is 9.12. The van der Waals surface area contributed by atoms with Crippen molar-refractivity contribution in [2.75, 3.05) is 6.54 Å². The molecule has 1 aromatic heterocycles. The van der Waals surface area contributed by atoms with E-state index in [0.29, 0.717) is 6.42 Å². The average molecular weight is 239 g/mol. The number of carbonyl (C=O) groups is 3. The van der Waals surface area contributed by atoms with E-state index in [2.05, 4.69) is 10.3 Å². The molecular formula is C9H9N3O3S. The Balaban J connectivity index is 1.96. The second kappa shape index (κ2) is 4.40. The highest BCUT2D eigenvalue weighted by molar-refractivity contribution is 7.09. The van der Waals surface area contributed by atoms with E-state index in [1.807, 2.05) is 5.38 Å². The lowest BCUT2D eigenvalue weighted by atomic mass is 10.3. The van der Waals surface area contributed by atoms with Crippen LogP contribution in [-0.2, 0) is 16.0 Å². The van der Waals surface area contributed by atoms with Crippen LogP contribution in [0.25, 0.3) is 0 Å². The van der Waals surface area contributed by atoms with E-state index in [1.54, 1.807) is 6.20 Å². The Bertz CT molecular complexity index is 409. The molecule has 0 spiro atoms. The molecule has 1 saturated heterocycles. The zero-order chi connectivity index (χ0) is 11.5. The van der Waals surface area contributed by atoms with Gasteiger partial charge >= 0.3 is 6.03 Å². The maximum Gasteiger partial charge on any atom is 0.330 e. The summed E-state index contributed by atoms with van der Waals surface area (Å²) < 4.78 is 0. The first-order chi connectivity index (χ1) is 7.66. The molecule has 1 fully saturated rings. The molecule has 4 amide bonds. The first-order valence-corrected chi connectivity index (χ1v) is 5.57. The molecule has 1 N–H and O–H groups in total. The maximum absolute atomic E-state index is 11.4. The summed E-state index contributed by atoms with van der Waals surface area (Å²) in [6.07, 6.45) is 1.93. The van der Waals surface area contributed by atoms with Gasteiger partial charge < -0.3 is 0 Å². The van der Waals surface area contributed by atoms with E-state index < -0.39 is 17.8 Å². The van der Waals surface area contributed by atoms with Crippen molar-refractivity contribution in [1.29, 1.82) is 0 Å². The Kier molecular flexibility index (Phi) is 2.95. The number of carbonyl (C=O) groups excluding carboxylic acids is 3. The van der Waals surface area contributed by atoms with Crippen LogP contribution in [0.15, 0.2) is 11.6 Å². The number of barbiturate groups is 1. The number of hydrogen-bond acceptors (Lipinski definition) is 5. The minimum absolute atomic E-state index is 0.255. The second-order valence-corrected chi connectivity index (χ2v) is 4.23. The van der Waals surface area contributed by atoms with Gasteiger partial charge in [0.25, 0.3) is 0 Å². The van der Waals surface area contributed by atoms with Crippen LogP contribution in [0.1, 0.15) is 11.4 Å². The SMILES string of the molecule is O=C1CC(=O)N(CCc2nccs2)C(=O)N1. The van der Waals surface area contributed by atoms with Gasteiger partial charge in [0, 0.05) is 24.5 Å². The molecule has 2 heterocycles. The second-order valence-electron chi connectivity index (χ2n) is 3.25. The molecule has 7 heteroatoms. The molecule has 2 rings (SSSR count). The zero-order valence-electron chi connectivity index (χ0n) is 8.30. The largest absolute Gasteiger partial charge is 0.330 e. The van der Waals surface area contributed by atoms with Crippen molar-refractivity contribution >= 4 is 29.2 Å². The normalized spacial score (nSPS) is 16.5. The van der Waals surface area contributed by atoms with E-state index in [9.17, 15) is 14.4 Å². The molecule has 0 aromatic carbocycles. The molecule has 1 aliphatic heterocycles. The monoisotopic (exact) mass is 239 g/mol. The van der Waals surface area contributed by atoms with Crippen molar-refractivity contribution < 1.29 is 14.4 Å². The molecule has 16 heavy (non-hydrogen) atoms. The van der Waals surface area contributed by atoms with E-state index in [1.165, 1.54) is 11.3 Å². The highest BCUT2D eigenvalue weighted by atomic mass is 32.1. The number of imide groups is 2. The Morgan fingerprint density at radius 2 is 2.25 bits per heavy atom. The number of thiazole rings is 1. The van der Waals surface area contributed by atoms with Gasteiger partial charge in [0.05, 0.1) is 5.01 Å². The van der Waals surface area contributed by atoms with Crippen LogP contribution in [0, 0.1) is 0 Å². The molecule has 84 valence electrons. The minimum Gasteiger partial charge on any atom is -0.277 e. The van der Waals surface area contributed by atoms with Crippen LogP contribution in [-0.4, -0.2) is 34.3 Å². The van der Waals surface area contributed by atoms with E-state index in [4.69, 9.17) is 0 Å². The van der Waals surface area contributed by atoms with Crippen molar-refractivity contribution in [3.05, 3.63) is 16.6 Å². The fourth-order valence-corrected chi connectivity index (χ4v) is 2.00. The summed E-state index contributed by atoms with van der Waals surface area (Å²) >= 11 is 1.47. The van der Waals surface area contributed by atoms with Crippen LogP contribution < -0.4 is 5.32 Å². The molecule has 6 nitrogen and oxygen atoms in total. The van der Waals surface area contributed by atoms with Crippen LogP contribution in [0.2, 0.25) is 0 Å². The smallest absolute Gasteiger partial charge is 0.277 e. The van der Waals surface area contributed by atoms with Crippen molar-refractivity contribution in [3.63, 3.8) is 0 Å². The van der Waals surface area contributed by atoms with Gasteiger partial charge in [-0.25, -0.2) is 9.78 Å². The van der Waals surface area contributed by atoms with Gasteiger partial charge in [0.2, 0.25) is 11.8 Å². The van der Waals surface area contributed by atoms with Crippen molar-refractivity contribution in [2.24, 2.45) is 0 Å². The first kappa shape index (κ1) is 10.7. The molecule has 1 aliphatic rings. The maximum atomic E-state index is 11.4. The van der Waals surface area contributed by atoms with Gasteiger partial charge in [-0.1, -0.05) is 0 Å². The van der Waals surface area contributed by atoms with Crippen LogP contribution in [0.3, 0.4) is 0 Å². The van der Waals surface area contributed by atoms with E-state index >= 15 is 0 Å². The fraction of sp³-hybridized carbons (Fsp3) is 0.333. The number of rotatable bonds is 3. The van der Waals surface area contributed by atoms with Crippen LogP contribution in [0.4, 0.5) is 4.79 Å². The predicted molar refractivity (Wildman–Crippen MR) is 55.7 cm³/mol. The topological polar surface area (TPSA) is 79.4 Å². The Hall–Kier alpha value is -1.76. The number of aromatic nitrogens is 1. The minimum atomic E-state index is -0.641. The third kappa shape index (κ3) is 2.25. The lowest BCUT2D eigenvalue weighted by molar-refractivity contribution is -0.136. The highest BCUT2D eigenvalue weighted by Crippen LogP contribution is 2.08. The quantitative estimate of drug-likeness (QED) is 0.762. The number of amides is 4. The molecule has 1 aromatic rings. The van der Waals surface area contributed by atoms with Crippen molar-refractivity contribution in [3.8, 4) is 0 Å². The summed E-state index contributed by atoms with van der Waals surface area (Å²) in [6, 6.07) is -0.641. The third-order valence-electron chi connectivity index (χ3n) is 2.14. The lowest BCUT2D eigenvalue weighted by Crippen LogP contribution is -2.53. The van der Waals surface area contributed by atoms with Gasteiger partial charge in [0.15, 0.2) is 0 Å². The predicted octanol–water partition coefficient (Wildman–Crippen LogP) is 0.154. The summed E-state index contributed by atoms with van der Waals surface area (Å²) in [4.78, 5) is 38.7. The molecule has 0 saturated carbocycles. The molecule has 0 aliphatic carbocycles. The number of nitrogens with one attached hydrogen (secondary N) is 1. The third-order valence-corrected chi connectivity index (χ3v) is 2.98. The van der Waals surface area contributed by atoms with Gasteiger partial charge in [-0.15, -0.1) is 11.3 Å². The van der Waals surface area contributed by atoms with E-state index in [-0.39, 0.29) is 13.0 Å². The number of nitrogens with zero attached hydrogens (tertiary/aromatic N) is 2. The first-order valence-electron chi connectivity index (χ1n) is 4.69. The highest BCUT2D eigenvalue weighted by Gasteiger charge is 2.30. The van der Waals surface area contributed by atoms with Crippen molar-refractivity contribution in [2.45, 2.75) is 12.8 Å². The van der Waals surface area contributed by atoms with Crippen LogP contribution in [0.5, 0.6) is 0 Å². The van der Waals surface area contributed by atoms with Crippen molar-refractivity contribution in [1.82, 2.24) is 15.2 Å². The van der Waals surface area contributed by atoms with Gasteiger partial charge in [-0.3, -0.25) is 19.8 Å². The Morgan fingerprint density at radius 3 is 2.88 bits per heavy atom. The average Bonchev–Trinajstić information content (AvgIpc) is 2.68. The van der Waals surface area contributed by atoms with Crippen LogP contribution >= 0.6 is 11.3 Å². The van der Waals surface area contributed by atoms with Gasteiger partial charge in [0.1, 0.15) is 6.42 Å². The summed E-state index contributed by atoms with van der Waals surface area (Å²) in [5, 5.41) is 4.79. The Labute approximate surface area is 95.3 Å². The fourth-order valence-electron chi connectivity index (χ4n) is 1.39. The Morgan fingerprint density at radius 1 is 1.44 bits per heavy atom. The lowest BCUT2D eigenvalue weighted by Gasteiger charge is -2.24. The summed E-state index contributed by atoms with van der Waals surface area (Å²) in [5.74, 6) is -0.995. The van der Waals surface area contributed by atoms with Gasteiger partial charge in [-0.05, 0) is 0 Å². The summed E-state index contributed by atoms with van der Waals surface area (Å²) in [6.45, 7) is 0.255. The molecule has 0 radical (unpaired) electrons. The molecular weight excluding hydrogens is 230 g/mol. The van der Waals surface area contributed by atoms with E-state index in [0.717, 1.165) is 9.91 Å². The number of hydrogen-bond donors (Lipinski definition) is 1. The molecule has 0 atom stereocenters. The summed E-state index contributed by atoms with van der Waals surface area (Å²) in [5.41, 5.74) is 0. The standard InChI is InChI=1S/C9H9N3O3S/c13-6-5-8(14)12(9(15)11-6)3-1-7-10-2-4-16-7/h2,4H,1,3,5H2,(H,11,13,15). The summed E-state index contributed by atoms with van der Waals surface area (Å²) in [7, 11) is 0. The molecule has 0 unspecified atom stereocenters.